The summed E-state index contributed by atoms with van der Waals surface area (Å²) < 4.78 is 0. The molecule has 4 nitrogen and oxygen atoms in total. The van der Waals surface area contributed by atoms with Crippen molar-refractivity contribution in [3.63, 3.8) is 0 Å². The van der Waals surface area contributed by atoms with E-state index in [9.17, 15) is 4.79 Å². The molecule has 1 saturated heterocycles. The first-order valence-corrected chi connectivity index (χ1v) is 6.00. The zero-order valence-electron chi connectivity index (χ0n) is 9.17. The molecule has 84 valence electrons. The predicted octanol–water partition coefficient (Wildman–Crippen LogP) is 2.00. The summed E-state index contributed by atoms with van der Waals surface area (Å²) in [6, 6.07) is 2.16. The third-order valence-corrected chi connectivity index (χ3v) is 3.55. The topological polar surface area (TPSA) is 59.9 Å². The number of aromatic nitrogens is 1. The molecular formula is C11H12BrN3O. The minimum Gasteiger partial charge on any atom is -0.344 e. The maximum absolute atomic E-state index is 11.7. The van der Waals surface area contributed by atoms with Crippen LogP contribution in [0.5, 0.6) is 0 Å². The van der Waals surface area contributed by atoms with Gasteiger partial charge in [-0.2, -0.15) is 5.26 Å². The van der Waals surface area contributed by atoms with Crippen LogP contribution in [0, 0.1) is 25.2 Å². The number of halogens is 1. The molecule has 1 aliphatic heterocycles. The first-order chi connectivity index (χ1) is 7.54. The second kappa shape index (κ2) is 3.95. The molecule has 0 spiro atoms. The number of H-pyrrole nitrogens is 1. The van der Waals surface area contributed by atoms with Crippen molar-refractivity contribution in [3.05, 3.63) is 16.8 Å². The number of aryl methyl sites for hydroxylation is 1. The zero-order chi connectivity index (χ0) is 11.9. The van der Waals surface area contributed by atoms with Crippen LogP contribution in [-0.4, -0.2) is 22.3 Å². The number of carbonyl (C=O) groups excluding carboxylic acids is 1. The average Bonchev–Trinajstić information content (AvgIpc) is 2.69. The second-order valence-electron chi connectivity index (χ2n) is 4.02. The minimum absolute atomic E-state index is 0.0552. The third kappa shape index (κ3) is 1.63. The first kappa shape index (κ1) is 11.2. The van der Waals surface area contributed by atoms with E-state index < -0.39 is 0 Å². The van der Waals surface area contributed by atoms with Crippen LogP contribution in [0.3, 0.4) is 0 Å². The number of nitriles is 1. The minimum atomic E-state index is 0.0552. The Bertz CT molecular complexity index is 486. The van der Waals surface area contributed by atoms with E-state index in [1.54, 1.807) is 4.90 Å². The molecule has 0 aromatic carbocycles. The van der Waals surface area contributed by atoms with E-state index in [2.05, 4.69) is 27.0 Å². The normalized spacial score (nSPS) is 20.2. The first-order valence-electron chi connectivity index (χ1n) is 5.08. The Morgan fingerprint density at radius 2 is 2.25 bits per heavy atom. The number of hydrogen-bond acceptors (Lipinski definition) is 2. The number of alkyl halides is 1. The van der Waals surface area contributed by atoms with Crippen molar-refractivity contribution in [1.82, 2.24) is 4.98 Å². The fourth-order valence-electron chi connectivity index (χ4n) is 1.92. The van der Waals surface area contributed by atoms with Gasteiger partial charge in [-0.05, 0) is 19.4 Å². The number of nitrogens with one attached hydrogen (secondary N) is 1. The summed E-state index contributed by atoms with van der Waals surface area (Å²) >= 11 is 3.43. The van der Waals surface area contributed by atoms with E-state index in [1.807, 2.05) is 13.8 Å². The van der Waals surface area contributed by atoms with E-state index in [-0.39, 0.29) is 10.7 Å². The Balaban J connectivity index is 2.46. The van der Waals surface area contributed by atoms with Gasteiger partial charge in [-0.15, -0.1) is 0 Å². The summed E-state index contributed by atoms with van der Waals surface area (Å²) in [5, 5.41) is 9.11. The quantitative estimate of drug-likeness (QED) is 0.801. The third-order valence-electron chi connectivity index (χ3n) is 2.94. The lowest BCUT2D eigenvalue weighted by molar-refractivity contribution is -0.117. The van der Waals surface area contributed by atoms with Crippen LogP contribution >= 0.6 is 15.9 Å². The lowest BCUT2D eigenvalue weighted by Gasteiger charge is -2.14. The molecule has 0 aliphatic carbocycles. The number of amides is 1. The highest BCUT2D eigenvalue weighted by atomic mass is 79.9. The molecule has 1 aromatic rings. The van der Waals surface area contributed by atoms with Crippen molar-refractivity contribution < 1.29 is 4.79 Å². The van der Waals surface area contributed by atoms with Crippen LogP contribution in [0.4, 0.5) is 5.82 Å². The van der Waals surface area contributed by atoms with Crippen molar-refractivity contribution >= 4 is 27.7 Å². The van der Waals surface area contributed by atoms with Crippen LogP contribution < -0.4 is 4.90 Å². The van der Waals surface area contributed by atoms with Gasteiger partial charge in [-0.1, -0.05) is 15.9 Å². The highest BCUT2D eigenvalue weighted by Crippen LogP contribution is 2.30. The largest absolute Gasteiger partial charge is 0.344 e. The number of rotatable bonds is 1. The van der Waals surface area contributed by atoms with Gasteiger partial charge in [0.25, 0.3) is 0 Å². The molecule has 1 N–H and O–H groups in total. The van der Waals surface area contributed by atoms with Gasteiger partial charge in [0.05, 0.1) is 5.56 Å². The Kier molecular flexibility index (Phi) is 2.76. The molecular weight excluding hydrogens is 270 g/mol. The van der Waals surface area contributed by atoms with Crippen LogP contribution in [0.15, 0.2) is 0 Å². The van der Waals surface area contributed by atoms with Gasteiger partial charge in [0, 0.05) is 23.5 Å². The van der Waals surface area contributed by atoms with Crippen molar-refractivity contribution in [1.29, 1.82) is 5.26 Å². The Hall–Kier alpha value is -1.28. The molecule has 1 atom stereocenters. The van der Waals surface area contributed by atoms with Gasteiger partial charge in [-0.3, -0.25) is 9.69 Å². The summed E-state index contributed by atoms with van der Waals surface area (Å²) in [6.45, 7) is 4.42. The molecule has 0 radical (unpaired) electrons. The second-order valence-corrected chi connectivity index (χ2v) is 5.31. The summed E-state index contributed by atoms with van der Waals surface area (Å²) in [4.78, 5) is 16.7. The van der Waals surface area contributed by atoms with Crippen LogP contribution in [0.25, 0.3) is 0 Å². The molecule has 2 heterocycles. The highest BCUT2D eigenvalue weighted by Gasteiger charge is 2.32. The molecule has 0 saturated carbocycles. The summed E-state index contributed by atoms with van der Waals surface area (Å²) in [5.41, 5.74) is 2.44. The van der Waals surface area contributed by atoms with Crippen LogP contribution in [-0.2, 0) is 4.79 Å². The van der Waals surface area contributed by atoms with Crippen LogP contribution in [0.1, 0.15) is 23.2 Å². The van der Waals surface area contributed by atoms with Gasteiger partial charge in [0.1, 0.15) is 11.9 Å². The fraction of sp³-hybridized carbons (Fsp3) is 0.455. The molecule has 16 heavy (non-hydrogen) atoms. The van der Waals surface area contributed by atoms with Gasteiger partial charge in [-0.25, -0.2) is 0 Å². The van der Waals surface area contributed by atoms with Crippen molar-refractivity contribution in [3.8, 4) is 6.07 Å². The van der Waals surface area contributed by atoms with Gasteiger partial charge in [0.2, 0.25) is 5.91 Å². The van der Waals surface area contributed by atoms with Gasteiger partial charge >= 0.3 is 0 Å². The number of aromatic amines is 1. The molecule has 5 heteroatoms. The highest BCUT2D eigenvalue weighted by molar-refractivity contribution is 9.09. The molecule has 1 aromatic heterocycles. The number of carbonyl (C=O) groups is 1. The van der Waals surface area contributed by atoms with E-state index in [4.69, 9.17) is 5.26 Å². The molecule has 1 amide bonds. The standard InChI is InChI=1S/C11H12BrN3O/c1-6-7(2)14-11(9(6)4-13)15-5-8(12)3-10(15)16/h8,14H,3,5H2,1-2H3. The Labute approximate surface area is 102 Å². The molecule has 2 rings (SSSR count). The van der Waals surface area contributed by atoms with E-state index in [0.717, 1.165) is 11.3 Å². The number of nitrogens with zero attached hydrogens (tertiary/aromatic N) is 2. The fourth-order valence-corrected chi connectivity index (χ4v) is 2.48. The molecule has 1 aliphatic rings. The summed E-state index contributed by atoms with van der Waals surface area (Å²) in [5.74, 6) is 0.698. The predicted molar refractivity (Wildman–Crippen MR) is 64.7 cm³/mol. The van der Waals surface area contributed by atoms with Crippen molar-refractivity contribution in [2.45, 2.75) is 25.1 Å². The Morgan fingerprint density at radius 1 is 1.56 bits per heavy atom. The van der Waals surface area contributed by atoms with Gasteiger partial charge in [0.15, 0.2) is 0 Å². The van der Waals surface area contributed by atoms with Crippen molar-refractivity contribution in [2.75, 3.05) is 11.4 Å². The summed E-state index contributed by atoms with van der Waals surface area (Å²) in [7, 11) is 0. The SMILES string of the molecule is Cc1[nH]c(N2CC(Br)CC2=O)c(C#N)c1C. The molecule has 0 bridgehead atoms. The van der Waals surface area contributed by atoms with Crippen LogP contribution in [0.2, 0.25) is 0 Å². The van der Waals surface area contributed by atoms with E-state index >= 15 is 0 Å². The van der Waals surface area contributed by atoms with Gasteiger partial charge < -0.3 is 4.98 Å². The van der Waals surface area contributed by atoms with Crippen molar-refractivity contribution in [2.24, 2.45) is 0 Å². The molecule has 1 fully saturated rings. The maximum atomic E-state index is 11.7. The smallest absolute Gasteiger partial charge is 0.229 e. The van der Waals surface area contributed by atoms with E-state index in [1.165, 1.54) is 0 Å². The maximum Gasteiger partial charge on any atom is 0.229 e. The number of anilines is 1. The number of hydrogen-bond donors (Lipinski definition) is 1. The molecule has 1 unspecified atom stereocenters. The Morgan fingerprint density at radius 3 is 2.75 bits per heavy atom. The zero-order valence-corrected chi connectivity index (χ0v) is 10.8. The lowest BCUT2D eigenvalue weighted by atomic mass is 10.2. The van der Waals surface area contributed by atoms with E-state index in [0.29, 0.717) is 24.3 Å². The average molecular weight is 282 g/mol. The lowest BCUT2D eigenvalue weighted by Crippen LogP contribution is -2.25. The monoisotopic (exact) mass is 281 g/mol. The summed E-state index contributed by atoms with van der Waals surface area (Å²) in [6.07, 6.45) is 0.488.